The summed E-state index contributed by atoms with van der Waals surface area (Å²) in [5.41, 5.74) is 0.713. The van der Waals surface area contributed by atoms with Crippen molar-refractivity contribution >= 4 is 5.90 Å². The Hall–Kier alpha value is -1.32. The van der Waals surface area contributed by atoms with Crippen LogP contribution in [-0.2, 0) is 10.2 Å². The van der Waals surface area contributed by atoms with Gasteiger partial charge in [0.05, 0.1) is 6.04 Å². The summed E-state index contributed by atoms with van der Waals surface area (Å²) in [5.74, 6) is 1.54. The highest BCUT2D eigenvalue weighted by Gasteiger charge is 2.36. The number of hydrogen-bond donors (Lipinski definition) is 0. The van der Waals surface area contributed by atoms with Gasteiger partial charge in [0.15, 0.2) is 5.69 Å². The molecule has 0 aromatic carbocycles. The number of rotatable bonds is 1. The van der Waals surface area contributed by atoms with Crippen molar-refractivity contribution in [3.8, 4) is 0 Å². The summed E-state index contributed by atoms with van der Waals surface area (Å²) in [7, 11) is 0. The van der Waals surface area contributed by atoms with E-state index in [-0.39, 0.29) is 11.5 Å². The van der Waals surface area contributed by atoms with Gasteiger partial charge in [0.25, 0.3) is 0 Å². The molecule has 1 aromatic rings. The molecule has 4 nitrogen and oxygen atoms in total. The first-order chi connectivity index (χ1) is 8.04. The first-order valence-electron chi connectivity index (χ1n) is 6.26. The summed E-state index contributed by atoms with van der Waals surface area (Å²) in [6.07, 6.45) is 3.75. The summed E-state index contributed by atoms with van der Waals surface area (Å²) >= 11 is 0. The number of ether oxygens (including phenoxy) is 1. The number of nitrogens with zero attached hydrogens (tertiary/aromatic N) is 2. The molecule has 1 aromatic heterocycles. The second-order valence-corrected chi connectivity index (χ2v) is 5.92. The average Bonchev–Trinajstić information content (AvgIpc) is 2.90. The van der Waals surface area contributed by atoms with Gasteiger partial charge in [-0.05, 0) is 19.3 Å². The van der Waals surface area contributed by atoms with Crippen LogP contribution in [0.15, 0.2) is 15.6 Å². The fourth-order valence-electron chi connectivity index (χ4n) is 2.37. The summed E-state index contributed by atoms with van der Waals surface area (Å²) in [5, 5.41) is 4.06. The second-order valence-electron chi connectivity index (χ2n) is 5.92. The van der Waals surface area contributed by atoms with Crippen LogP contribution in [0.4, 0.5) is 0 Å². The Morgan fingerprint density at radius 3 is 2.76 bits per heavy atom. The first kappa shape index (κ1) is 10.8. The van der Waals surface area contributed by atoms with Crippen molar-refractivity contribution in [3.63, 3.8) is 0 Å². The maximum Gasteiger partial charge on any atom is 0.239 e. The van der Waals surface area contributed by atoms with E-state index in [4.69, 9.17) is 9.26 Å². The van der Waals surface area contributed by atoms with Crippen molar-refractivity contribution in [2.75, 3.05) is 0 Å². The Kier molecular flexibility index (Phi) is 2.28. The molecule has 0 bridgehead atoms. The molecule has 4 heteroatoms. The van der Waals surface area contributed by atoms with Gasteiger partial charge in [-0.15, -0.1) is 0 Å². The minimum Gasteiger partial charge on any atom is -0.471 e. The molecule has 0 radical (unpaired) electrons. The fraction of sp³-hybridized carbons (Fsp3) is 0.692. The number of hydrogen-bond acceptors (Lipinski definition) is 4. The molecule has 0 N–H and O–H groups in total. The van der Waals surface area contributed by atoms with Crippen LogP contribution in [0.3, 0.4) is 0 Å². The first-order valence-corrected chi connectivity index (χ1v) is 6.26. The standard InChI is InChI=1S/C13H18N2O2/c1-13(2,3)11-7-9(15-17-11)12-14-8-5-4-6-10(8)16-12/h7-8,10H,4-6H2,1-3H3/t8-,10+/m0/s1. The van der Waals surface area contributed by atoms with E-state index >= 15 is 0 Å². The summed E-state index contributed by atoms with van der Waals surface area (Å²) in [6, 6.07) is 2.29. The third-order valence-electron chi connectivity index (χ3n) is 3.43. The third-order valence-corrected chi connectivity index (χ3v) is 3.43. The minimum atomic E-state index is -0.0275. The van der Waals surface area contributed by atoms with Crippen molar-refractivity contribution < 1.29 is 9.26 Å². The molecule has 0 spiro atoms. The highest BCUT2D eigenvalue weighted by Crippen LogP contribution is 2.32. The number of fused-ring (bicyclic) bond motifs is 1. The molecule has 1 fully saturated rings. The summed E-state index contributed by atoms with van der Waals surface area (Å²) in [4.78, 5) is 4.59. The number of aromatic nitrogens is 1. The highest BCUT2D eigenvalue weighted by molar-refractivity contribution is 5.93. The lowest BCUT2D eigenvalue weighted by molar-refractivity contribution is 0.210. The molecular weight excluding hydrogens is 216 g/mol. The molecule has 1 saturated carbocycles. The Labute approximate surface area is 101 Å². The van der Waals surface area contributed by atoms with Crippen LogP contribution >= 0.6 is 0 Å². The molecule has 1 aliphatic heterocycles. The van der Waals surface area contributed by atoms with E-state index in [1.54, 1.807) is 0 Å². The van der Waals surface area contributed by atoms with Gasteiger partial charge in [-0.3, -0.25) is 0 Å². The van der Waals surface area contributed by atoms with Crippen LogP contribution < -0.4 is 0 Å². The van der Waals surface area contributed by atoms with E-state index in [1.165, 1.54) is 6.42 Å². The molecule has 17 heavy (non-hydrogen) atoms. The Bertz CT molecular complexity index is 456. The molecular formula is C13H18N2O2. The van der Waals surface area contributed by atoms with Gasteiger partial charge in [0.2, 0.25) is 5.90 Å². The van der Waals surface area contributed by atoms with Crippen molar-refractivity contribution in [3.05, 3.63) is 17.5 Å². The van der Waals surface area contributed by atoms with Gasteiger partial charge >= 0.3 is 0 Å². The van der Waals surface area contributed by atoms with Gasteiger partial charge in [-0.2, -0.15) is 0 Å². The van der Waals surface area contributed by atoms with Gasteiger partial charge in [-0.1, -0.05) is 25.9 Å². The molecule has 0 unspecified atom stereocenters. The zero-order valence-electron chi connectivity index (χ0n) is 10.6. The Morgan fingerprint density at radius 2 is 2.12 bits per heavy atom. The number of aliphatic imine (C=N–C) groups is 1. The summed E-state index contributed by atoms with van der Waals surface area (Å²) < 4.78 is 11.2. The van der Waals surface area contributed by atoms with E-state index in [9.17, 15) is 0 Å². The summed E-state index contributed by atoms with van der Waals surface area (Å²) in [6.45, 7) is 6.30. The van der Waals surface area contributed by atoms with E-state index in [0.29, 0.717) is 11.9 Å². The van der Waals surface area contributed by atoms with Crippen molar-refractivity contribution in [1.82, 2.24) is 5.16 Å². The van der Waals surface area contributed by atoms with E-state index < -0.39 is 0 Å². The van der Waals surface area contributed by atoms with E-state index in [2.05, 4.69) is 30.9 Å². The maximum absolute atomic E-state index is 5.82. The molecule has 3 rings (SSSR count). The van der Waals surface area contributed by atoms with Gasteiger partial charge in [-0.25, -0.2) is 4.99 Å². The fourth-order valence-corrected chi connectivity index (χ4v) is 2.37. The molecule has 2 atom stereocenters. The van der Waals surface area contributed by atoms with Gasteiger partial charge in [0.1, 0.15) is 11.9 Å². The molecule has 0 saturated heterocycles. The van der Waals surface area contributed by atoms with Crippen LogP contribution in [-0.4, -0.2) is 23.2 Å². The van der Waals surface area contributed by atoms with Crippen LogP contribution in [0, 0.1) is 0 Å². The monoisotopic (exact) mass is 234 g/mol. The van der Waals surface area contributed by atoms with Crippen LogP contribution in [0.5, 0.6) is 0 Å². The van der Waals surface area contributed by atoms with E-state index in [0.717, 1.165) is 24.3 Å². The Morgan fingerprint density at radius 1 is 1.29 bits per heavy atom. The normalized spacial score (nSPS) is 27.8. The average molecular weight is 234 g/mol. The van der Waals surface area contributed by atoms with Crippen LogP contribution in [0.1, 0.15) is 51.5 Å². The smallest absolute Gasteiger partial charge is 0.239 e. The van der Waals surface area contributed by atoms with Crippen molar-refractivity contribution in [2.24, 2.45) is 4.99 Å². The predicted octanol–water partition coefficient (Wildman–Crippen LogP) is 2.67. The lowest BCUT2D eigenvalue weighted by Crippen LogP contribution is -2.15. The van der Waals surface area contributed by atoms with Crippen LogP contribution in [0.25, 0.3) is 0 Å². The predicted molar refractivity (Wildman–Crippen MR) is 64.3 cm³/mol. The van der Waals surface area contributed by atoms with Gasteiger partial charge < -0.3 is 9.26 Å². The van der Waals surface area contributed by atoms with Crippen molar-refractivity contribution in [2.45, 2.75) is 57.6 Å². The zero-order chi connectivity index (χ0) is 12.0. The molecule has 92 valence electrons. The van der Waals surface area contributed by atoms with Crippen LogP contribution in [0.2, 0.25) is 0 Å². The maximum atomic E-state index is 5.82. The van der Waals surface area contributed by atoms with Gasteiger partial charge in [0, 0.05) is 11.5 Å². The lowest BCUT2D eigenvalue weighted by Gasteiger charge is -2.12. The molecule has 2 aliphatic rings. The quantitative estimate of drug-likeness (QED) is 0.750. The lowest BCUT2D eigenvalue weighted by atomic mass is 9.93. The molecule has 1 aliphatic carbocycles. The zero-order valence-corrected chi connectivity index (χ0v) is 10.6. The second kappa shape index (κ2) is 3.59. The van der Waals surface area contributed by atoms with E-state index in [1.807, 2.05) is 6.07 Å². The highest BCUT2D eigenvalue weighted by atomic mass is 16.5. The minimum absolute atomic E-state index is 0.0275. The topological polar surface area (TPSA) is 47.6 Å². The molecule has 0 amide bonds. The SMILES string of the molecule is CC(C)(C)c1cc(C2=N[C@H]3CCC[C@H]3O2)no1. The third kappa shape index (κ3) is 1.85. The Balaban J connectivity index is 1.84. The molecule has 2 heterocycles. The largest absolute Gasteiger partial charge is 0.471 e. The van der Waals surface area contributed by atoms with Crippen molar-refractivity contribution in [1.29, 1.82) is 0 Å².